The SMILES string of the molecule is COc1ccc(CCNC(=O)c2cc(CN(Cc3ccccc3)C(=O)C3CCCCC3)on2)cc1. The Balaban J connectivity index is 1.36. The van der Waals surface area contributed by atoms with Crippen molar-refractivity contribution in [3.8, 4) is 5.75 Å². The molecular formula is C28H33N3O4. The highest BCUT2D eigenvalue weighted by Crippen LogP contribution is 2.27. The second kappa shape index (κ2) is 12.2. The van der Waals surface area contributed by atoms with E-state index in [0.717, 1.165) is 42.6 Å². The smallest absolute Gasteiger partial charge is 0.273 e. The number of amides is 2. The van der Waals surface area contributed by atoms with E-state index in [1.807, 2.05) is 59.5 Å². The molecule has 1 saturated carbocycles. The molecule has 184 valence electrons. The van der Waals surface area contributed by atoms with Crippen LogP contribution >= 0.6 is 0 Å². The average molecular weight is 476 g/mol. The van der Waals surface area contributed by atoms with Gasteiger partial charge >= 0.3 is 0 Å². The molecule has 3 aromatic rings. The second-order valence-electron chi connectivity index (χ2n) is 9.05. The number of aromatic nitrogens is 1. The molecule has 7 nitrogen and oxygen atoms in total. The number of hydrogen-bond donors (Lipinski definition) is 1. The molecule has 2 aromatic carbocycles. The lowest BCUT2D eigenvalue weighted by atomic mass is 9.88. The summed E-state index contributed by atoms with van der Waals surface area (Å²) >= 11 is 0. The minimum Gasteiger partial charge on any atom is -0.497 e. The van der Waals surface area contributed by atoms with Gasteiger partial charge in [0.15, 0.2) is 11.5 Å². The van der Waals surface area contributed by atoms with E-state index >= 15 is 0 Å². The highest BCUT2D eigenvalue weighted by atomic mass is 16.5. The van der Waals surface area contributed by atoms with Crippen molar-refractivity contribution < 1.29 is 18.8 Å². The van der Waals surface area contributed by atoms with E-state index in [2.05, 4.69) is 10.5 Å². The van der Waals surface area contributed by atoms with Gasteiger partial charge in [-0.2, -0.15) is 0 Å². The summed E-state index contributed by atoms with van der Waals surface area (Å²) in [7, 11) is 1.63. The minimum absolute atomic E-state index is 0.0520. The monoisotopic (exact) mass is 475 g/mol. The fourth-order valence-electron chi connectivity index (χ4n) is 4.51. The average Bonchev–Trinajstić information content (AvgIpc) is 3.38. The van der Waals surface area contributed by atoms with Crippen molar-refractivity contribution in [2.24, 2.45) is 5.92 Å². The Morgan fingerprint density at radius 3 is 2.46 bits per heavy atom. The van der Waals surface area contributed by atoms with Gasteiger partial charge in [0.05, 0.1) is 13.7 Å². The van der Waals surface area contributed by atoms with Gasteiger partial charge in [0.2, 0.25) is 5.91 Å². The number of benzene rings is 2. The summed E-state index contributed by atoms with van der Waals surface area (Å²) in [6, 6.07) is 19.3. The topological polar surface area (TPSA) is 84.7 Å². The molecule has 4 rings (SSSR count). The van der Waals surface area contributed by atoms with Crippen LogP contribution in [0.3, 0.4) is 0 Å². The zero-order chi connectivity index (χ0) is 24.5. The first kappa shape index (κ1) is 24.5. The maximum Gasteiger partial charge on any atom is 0.273 e. The van der Waals surface area contributed by atoms with Crippen LogP contribution in [0.2, 0.25) is 0 Å². The van der Waals surface area contributed by atoms with Gasteiger partial charge in [-0.05, 0) is 42.5 Å². The number of carbonyl (C=O) groups is 2. The van der Waals surface area contributed by atoms with E-state index in [-0.39, 0.29) is 30.0 Å². The molecule has 0 radical (unpaired) electrons. The van der Waals surface area contributed by atoms with E-state index < -0.39 is 0 Å². The Bertz CT molecular complexity index is 1090. The first-order chi connectivity index (χ1) is 17.1. The third kappa shape index (κ3) is 6.94. The van der Waals surface area contributed by atoms with Crippen molar-refractivity contribution >= 4 is 11.8 Å². The standard InChI is InChI=1S/C28H33N3O4/c1-34-24-14-12-21(13-15-24)16-17-29-27(32)26-18-25(35-30-26)20-31(19-22-8-4-2-5-9-22)28(33)23-10-6-3-7-11-23/h2,4-5,8-9,12-15,18,23H,3,6-7,10-11,16-17,19-20H2,1H3,(H,29,32). The Morgan fingerprint density at radius 1 is 1.00 bits per heavy atom. The molecule has 0 spiro atoms. The van der Waals surface area contributed by atoms with Crippen LogP contribution in [0.25, 0.3) is 0 Å². The molecule has 0 saturated heterocycles. The van der Waals surface area contributed by atoms with Gasteiger partial charge in [-0.3, -0.25) is 9.59 Å². The first-order valence-electron chi connectivity index (χ1n) is 12.3. The maximum absolute atomic E-state index is 13.3. The van der Waals surface area contributed by atoms with Crippen LogP contribution in [-0.2, 0) is 24.3 Å². The van der Waals surface area contributed by atoms with Crippen LogP contribution in [0.15, 0.2) is 65.2 Å². The number of methoxy groups -OCH3 is 1. The van der Waals surface area contributed by atoms with Gasteiger partial charge in [0.25, 0.3) is 5.91 Å². The van der Waals surface area contributed by atoms with Gasteiger partial charge in [-0.1, -0.05) is 66.9 Å². The summed E-state index contributed by atoms with van der Waals surface area (Å²) in [4.78, 5) is 27.7. The molecule has 1 heterocycles. The summed E-state index contributed by atoms with van der Waals surface area (Å²) in [5, 5.41) is 6.84. The quantitative estimate of drug-likeness (QED) is 0.457. The molecule has 0 atom stereocenters. The lowest BCUT2D eigenvalue weighted by Gasteiger charge is -2.28. The summed E-state index contributed by atoms with van der Waals surface area (Å²) < 4.78 is 10.6. The van der Waals surface area contributed by atoms with Gasteiger partial charge in [0, 0.05) is 25.1 Å². The lowest BCUT2D eigenvalue weighted by Crippen LogP contribution is -2.36. The van der Waals surface area contributed by atoms with E-state index in [9.17, 15) is 9.59 Å². The molecule has 1 aliphatic rings. The van der Waals surface area contributed by atoms with Crippen LogP contribution in [-0.4, -0.2) is 35.5 Å². The molecule has 0 aliphatic heterocycles. The molecule has 1 N–H and O–H groups in total. The first-order valence-corrected chi connectivity index (χ1v) is 12.3. The predicted octanol–water partition coefficient (Wildman–Crippen LogP) is 4.76. The number of nitrogens with one attached hydrogen (secondary N) is 1. The van der Waals surface area contributed by atoms with Gasteiger partial charge in [0.1, 0.15) is 5.75 Å². The zero-order valence-electron chi connectivity index (χ0n) is 20.2. The van der Waals surface area contributed by atoms with Gasteiger partial charge < -0.3 is 19.5 Å². The van der Waals surface area contributed by atoms with E-state index in [0.29, 0.717) is 25.3 Å². The molecule has 1 aromatic heterocycles. The van der Waals surface area contributed by atoms with E-state index in [4.69, 9.17) is 9.26 Å². The van der Waals surface area contributed by atoms with Crippen molar-refractivity contribution in [2.75, 3.05) is 13.7 Å². The molecular weight excluding hydrogens is 442 g/mol. The van der Waals surface area contributed by atoms with Crippen LogP contribution in [0.1, 0.15) is 59.5 Å². The van der Waals surface area contributed by atoms with E-state index in [1.165, 1.54) is 6.42 Å². The molecule has 35 heavy (non-hydrogen) atoms. The molecule has 0 bridgehead atoms. The van der Waals surface area contributed by atoms with Crippen molar-refractivity contribution in [1.82, 2.24) is 15.4 Å². The Hall–Kier alpha value is -3.61. The number of carbonyl (C=O) groups excluding carboxylic acids is 2. The molecule has 1 aliphatic carbocycles. The fraction of sp³-hybridized carbons (Fsp3) is 0.393. The van der Waals surface area contributed by atoms with Crippen LogP contribution in [0.4, 0.5) is 0 Å². The molecule has 0 unspecified atom stereocenters. The minimum atomic E-state index is -0.290. The summed E-state index contributed by atoms with van der Waals surface area (Å²) in [5.74, 6) is 1.22. The summed E-state index contributed by atoms with van der Waals surface area (Å²) in [6.45, 7) is 1.27. The van der Waals surface area contributed by atoms with Crippen LogP contribution < -0.4 is 10.1 Å². The number of rotatable bonds is 10. The number of nitrogens with zero attached hydrogens (tertiary/aromatic N) is 2. The largest absolute Gasteiger partial charge is 0.497 e. The van der Waals surface area contributed by atoms with Crippen molar-refractivity contribution in [1.29, 1.82) is 0 Å². The zero-order valence-corrected chi connectivity index (χ0v) is 20.2. The highest BCUT2D eigenvalue weighted by Gasteiger charge is 2.27. The van der Waals surface area contributed by atoms with Crippen molar-refractivity contribution in [3.05, 3.63) is 83.2 Å². The summed E-state index contributed by atoms with van der Waals surface area (Å²) in [5.41, 5.74) is 2.39. The predicted molar refractivity (Wildman–Crippen MR) is 133 cm³/mol. The number of ether oxygens (including phenoxy) is 1. The highest BCUT2D eigenvalue weighted by molar-refractivity contribution is 5.92. The molecule has 1 fully saturated rings. The van der Waals surface area contributed by atoms with Gasteiger partial charge in [-0.25, -0.2) is 0 Å². The van der Waals surface area contributed by atoms with Crippen LogP contribution in [0, 0.1) is 5.92 Å². The molecule has 2 amide bonds. The molecule has 7 heteroatoms. The Kier molecular flexibility index (Phi) is 8.54. The van der Waals surface area contributed by atoms with E-state index in [1.54, 1.807) is 13.2 Å². The fourth-order valence-corrected chi connectivity index (χ4v) is 4.51. The maximum atomic E-state index is 13.3. The van der Waals surface area contributed by atoms with Crippen molar-refractivity contribution in [2.45, 2.75) is 51.6 Å². The van der Waals surface area contributed by atoms with Crippen molar-refractivity contribution in [3.63, 3.8) is 0 Å². The van der Waals surface area contributed by atoms with Gasteiger partial charge in [-0.15, -0.1) is 0 Å². The number of hydrogen-bond acceptors (Lipinski definition) is 5. The third-order valence-electron chi connectivity index (χ3n) is 6.48. The van der Waals surface area contributed by atoms with Crippen LogP contribution in [0.5, 0.6) is 5.75 Å². The second-order valence-corrected chi connectivity index (χ2v) is 9.05. The lowest BCUT2D eigenvalue weighted by molar-refractivity contribution is -0.138. The normalized spacial score (nSPS) is 13.9. The Morgan fingerprint density at radius 2 is 1.74 bits per heavy atom. The Labute approximate surface area is 206 Å². The third-order valence-corrected chi connectivity index (χ3v) is 6.48. The summed E-state index contributed by atoms with van der Waals surface area (Å²) in [6.07, 6.45) is 5.95.